The third-order valence-corrected chi connectivity index (χ3v) is 5.94. The van der Waals surface area contributed by atoms with Crippen LogP contribution in [0.4, 0.5) is 11.4 Å². The lowest BCUT2D eigenvalue weighted by Gasteiger charge is -2.05. The minimum atomic E-state index is -0.168. The van der Waals surface area contributed by atoms with E-state index >= 15 is 0 Å². The Morgan fingerprint density at radius 2 is 1.61 bits per heavy atom. The molecule has 0 saturated heterocycles. The lowest BCUT2D eigenvalue weighted by Crippen LogP contribution is -2.13. The Kier molecular flexibility index (Phi) is 7.14. The van der Waals surface area contributed by atoms with Crippen molar-refractivity contribution in [1.29, 1.82) is 0 Å². The number of halogens is 1. The second kappa shape index (κ2) is 10.4. The molecule has 1 amide bonds. The quantitative estimate of drug-likeness (QED) is 0.234. The topological polar surface area (TPSA) is 80.1 Å². The van der Waals surface area contributed by atoms with Crippen LogP contribution in [0.3, 0.4) is 0 Å². The number of nitrogens with one attached hydrogen (secondary N) is 2. The highest BCUT2D eigenvalue weighted by Crippen LogP contribution is 2.26. The molecular weight excluding hydrogens is 452 g/mol. The lowest BCUT2D eigenvalue weighted by atomic mass is 10.2. The summed E-state index contributed by atoms with van der Waals surface area (Å²) in [6, 6.07) is 24.7. The van der Waals surface area contributed by atoms with Gasteiger partial charge in [-0.1, -0.05) is 41.6 Å². The molecule has 4 rings (SSSR count). The average molecular weight is 469 g/mol. The maximum Gasteiger partial charge on any atom is 0.277 e. The molecule has 9 heteroatoms. The summed E-state index contributed by atoms with van der Waals surface area (Å²) < 4.78 is 8.97. The number of hydrogen-bond donors (Lipinski definition) is 2. The predicted molar refractivity (Wildman–Crippen MR) is 126 cm³/mol. The summed E-state index contributed by atoms with van der Waals surface area (Å²) in [7, 11) is 0. The molecule has 0 atom stereocenters. The predicted octanol–water partition coefficient (Wildman–Crippen LogP) is 6.24. The zero-order valence-corrected chi connectivity index (χ0v) is 18.5. The third kappa shape index (κ3) is 6.27. The molecule has 0 fully saturated rings. The van der Waals surface area contributed by atoms with Crippen molar-refractivity contribution >= 4 is 52.6 Å². The zero-order valence-electron chi connectivity index (χ0n) is 16.1. The average Bonchev–Trinajstić information content (AvgIpc) is 3.28. The van der Waals surface area contributed by atoms with Gasteiger partial charge in [0.05, 0.1) is 5.75 Å². The molecule has 3 aromatic carbocycles. The largest absolute Gasteiger partial charge is 0.411 e. The molecule has 156 valence electrons. The summed E-state index contributed by atoms with van der Waals surface area (Å²) in [5.74, 6) is 0.394. The number of rotatable bonds is 8. The van der Waals surface area contributed by atoms with Gasteiger partial charge in [-0.2, -0.15) is 0 Å². The van der Waals surface area contributed by atoms with Gasteiger partial charge < -0.3 is 14.5 Å². The molecule has 0 radical (unpaired) electrons. The minimum absolute atomic E-state index is 0.157. The fraction of sp³-hybridized carbons (Fsp3) is 0.0455. The Labute approximate surface area is 192 Å². The number of carbonyl (C=O) groups excluding carboxylic acids is 1. The minimum Gasteiger partial charge on any atom is -0.411 e. The standard InChI is InChI=1S/C22H17ClN4O2S2/c23-16-8-12-17(13-9-16)24-20(28)14-30-22-26-25-21(29-22)15-6-10-18(11-7-15)27-31-19-4-2-1-3-5-19/h1-13,27H,14H2,(H,24,28). The molecule has 4 aromatic rings. The molecule has 31 heavy (non-hydrogen) atoms. The molecule has 1 aromatic heterocycles. The summed E-state index contributed by atoms with van der Waals surface area (Å²) >= 11 is 8.56. The fourth-order valence-electron chi connectivity index (χ4n) is 2.53. The molecule has 0 aliphatic rings. The number of amides is 1. The number of hydrogen-bond acceptors (Lipinski definition) is 7. The van der Waals surface area contributed by atoms with E-state index in [1.807, 2.05) is 54.6 Å². The van der Waals surface area contributed by atoms with Gasteiger partial charge in [0.15, 0.2) is 0 Å². The van der Waals surface area contributed by atoms with E-state index < -0.39 is 0 Å². The number of anilines is 2. The highest BCUT2D eigenvalue weighted by atomic mass is 35.5. The van der Waals surface area contributed by atoms with Crippen molar-refractivity contribution in [2.24, 2.45) is 0 Å². The van der Waals surface area contributed by atoms with E-state index in [0.29, 0.717) is 21.8 Å². The zero-order chi connectivity index (χ0) is 21.5. The van der Waals surface area contributed by atoms with Gasteiger partial charge in [-0.15, -0.1) is 10.2 Å². The van der Waals surface area contributed by atoms with E-state index in [-0.39, 0.29) is 11.7 Å². The maximum absolute atomic E-state index is 12.1. The van der Waals surface area contributed by atoms with Crippen molar-refractivity contribution in [3.05, 3.63) is 83.9 Å². The molecule has 1 heterocycles. The number of carbonyl (C=O) groups is 1. The molecule has 2 N–H and O–H groups in total. The fourth-order valence-corrected chi connectivity index (χ4v) is 3.88. The Balaban J connectivity index is 1.28. The number of thioether (sulfide) groups is 1. The van der Waals surface area contributed by atoms with Gasteiger partial charge in [0, 0.05) is 26.9 Å². The van der Waals surface area contributed by atoms with Crippen LogP contribution in [0.15, 0.2) is 93.4 Å². The maximum atomic E-state index is 12.1. The second-order valence-corrected chi connectivity index (χ2v) is 8.55. The molecule has 6 nitrogen and oxygen atoms in total. The van der Waals surface area contributed by atoms with Crippen LogP contribution in [0.1, 0.15) is 0 Å². The first-order valence-corrected chi connectivity index (χ1v) is 11.4. The van der Waals surface area contributed by atoms with Crippen LogP contribution >= 0.6 is 35.3 Å². The molecule has 0 bridgehead atoms. The number of aromatic nitrogens is 2. The van der Waals surface area contributed by atoms with Crippen LogP contribution in [-0.2, 0) is 4.79 Å². The van der Waals surface area contributed by atoms with Gasteiger partial charge in [0.2, 0.25) is 11.8 Å². The lowest BCUT2D eigenvalue weighted by molar-refractivity contribution is -0.113. The first kappa shape index (κ1) is 21.3. The van der Waals surface area contributed by atoms with Gasteiger partial charge in [0.1, 0.15) is 0 Å². The summed E-state index contributed by atoms with van der Waals surface area (Å²) in [6.07, 6.45) is 0. The first-order chi connectivity index (χ1) is 15.2. The van der Waals surface area contributed by atoms with E-state index in [0.717, 1.165) is 16.1 Å². The van der Waals surface area contributed by atoms with E-state index in [2.05, 4.69) is 20.2 Å². The second-order valence-electron chi connectivity index (χ2n) is 6.31. The third-order valence-electron chi connectivity index (χ3n) is 4.02. The Hall–Kier alpha value is -2.94. The van der Waals surface area contributed by atoms with Crippen LogP contribution in [0.5, 0.6) is 0 Å². The smallest absolute Gasteiger partial charge is 0.277 e. The van der Waals surface area contributed by atoms with Gasteiger partial charge in [-0.05, 0) is 72.6 Å². The molecule has 0 unspecified atom stereocenters. The van der Waals surface area contributed by atoms with Crippen molar-refractivity contribution < 1.29 is 9.21 Å². The monoisotopic (exact) mass is 468 g/mol. The van der Waals surface area contributed by atoms with E-state index in [1.54, 1.807) is 36.2 Å². The molecule has 0 saturated carbocycles. The SMILES string of the molecule is O=C(CSc1nnc(-c2ccc(NSc3ccccc3)cc2)o1)Nc1ccc(Cl)cc1. The molecule has 0 aliphatic carbocycles. The summed E-state index contributed by atoms with van der Waals surface area (Å²) in [6.45, 7) is 0. The van der Waals surface area contributed by atoms with Gasteiger partial charge in [-0.3, -0.25) is 4.79 Å². The van der Waals surface area contributed by atoms with Crippen molar-refractivity contribution in [2.75, 3.05) is 15.8 Å². The normalized spacial score (nSPS) is 10.6. The van der Waals surface area contributed by atoms with Crippen LogP contribution in [0.25, 0.3) is 11.5 Å². The summed E-state index contributed by atoms with van der Waals surface area (Å²) in [5, 5.41) is 11.8. The summed E-state index contributed by atoms with van der Waals surface area (Å²) in [4.78, 5) is 13.2. The van der Waals surface area contributed by atoms with E-state index in [4.69, 9.17) is 16.0 Å². The van der Waals surface area contributed by atoms with Crippen molar-refractivity contribution in [3.63, 3.8) is 0 Å². The van der Waals surface area contributed by atoms with E-state index in [9.17, 15) is 4.79 Å². The van der Waals surface area contributed by atoms with Crippen LogP contribution < -0.4 is 10.0 Å². The number of benzene rings is 3. The highest BCUT2D eigenvalue weighted by molar-refractivity contribution is 8.00. The Morgan fingerprint density at radius 3 is 2.35 bits per heavy atom. The molecule has 0 aliphatic heterocycles. The molecular formula is C22H17ClN4O2S2. The van der Waals surface area contributed by atoms with E-state index in [1.165, 1.54) is 11.8 Å². The van der Waals surface area contributed by atoms with Gasteiger partial charge in [-0.25, -0.2) is 0 Å². The van der Waals surface area contributed by atoms with Crippen molar-refractivity contribution in [2.45, 2.75) is 10.1 Å². The van der Waals surface area contributed by atoms with Crippen LogP contribution in [0.2, 0.25) is 5.02 Å². The Morgan fingerprint density at radius 1 is 0.903 bits per heavy atom. The van der Waals surface area contributed by atoms with Gasteiger partial charge in [0.25, 0.3) is 5.22 Å². The van der Waals surface area contributed by atoms with Crippen LogP contribution in [0, 0.1) is 0 Å². The Bertz CT molecular complexity index is 1140. The van der Waals surface area contributed by atoms with Crippen molar-refractivity contribution in [1.82, 2.24) is 10.2 Å². The van der Waals surface area contributed by atoms with Gasteiger partial charge >= 0.3 is 0 Å². The highest BCUT2D eigenvalue weighted by Gasteiger charge is 2.11. The van der Waals surface area contributed by atoms with Crippen molar-refractivity contribution in [3.8, 4) is 11.5 Å². The first-order valence-electron chi connectivity index (χ1n) is 9.26. The number of nitrogens with zero attached hydrogens (tertiary/aromatic N) is 2. The molecule has 0 spiro atoms. The van der Waals surface area contributed by atoms with Crippen LogP contribution in [-0.4, -0.2) is 21.9 Å². The summed E-state index contributed by atoms with van der Waals surface area (Å²) in [5.41, 5.74) is 2.45.